The van der Waals surface area contributed by atoms with Gasteiger partial charge in [0.05, 0.1) is 14.2 Å². The van der Waals surface area contributed by atoms with Crippen LogP contribution in [0.5, 0.6) is 11.5 Å². The minimum Gasteiger partial charge on any atom is -0.493 e. The van der Waals surface area contributed by atoms with Crippen LogP contribution < -0.4 is 25.4 Å². The summed E-state index contributed by atoms with van der Waals surface area (Å²) in [4.78, 5) is 24.0. The number of rotatable bonds is 7. The van der Waals surface area contributed by atoms with Crippen molar-refractivity contribution >= 4 is 17.5 Å². The van der Waals surface area contributed by atoms with Gasteiger partial charge in [0, 0.05) is 37.5 Å². The van der Waals surface area contributed by atoms with Crippen LogP contribution in [0.4, 0.5) is 5.69 Å². The fourth-order valence-electron chi connectivity index (χ4n) is 2.69. The topological polar surface area (TPSA) is 88.7 Å². The molecular formula is C20H25N3O4. The average molecular weight is 371 g/mol. The van der Waals surface area contributed by atoms with E-state index in [1.807, 2.05) is 19.1 Å². The molecule has 0 saturated heterocycles. The highest BCUT2D eigenvalue weighted by Gasteiger charge is 2.13. The fourth-order valence-corrected chi connectivity index (χ4v) is 2.69. The number of nitrogens with one attached hydrogen (secondary N) is 3. The lowest BCUT2D eigenvalue weighted by Crippen LogP contribution is -2.21. The Labute approximate surface area is 159 Å². The highest BCUT2D eigenvalue weighted by molar-refractivity contribution is 6.00. The first kappa shape index (κ1) is 20.1. The SMILES string of the molecule is CNC(=O)c1cc(NCc2cc(OC)c(OC)cc2C)cc(C(=O)NC)c1. The molecule has 0 aromatic heterocycles. The number of anilines is 1. The summed E-state index contributed by atoms with van der Waals surface area (Å²) in [5.74, 6) is 0.796. The van der Waals surface area contributed by atoms with Crippen molar-refractivity contribution in [2.75, 3.05) is 33.6 Å². The van der Waals surface area contributed by atoms with Gasteiger partial charge in [-0.1, -0.05) is 0 Å². The molecule has 7 nitrogen and oxygen atoms in total. The Morgan fingerprint density at radius 3 is 1.85 bits per heavy atom. The van der Waals surface area contributed by atoms with Crippen LogP contribution in [0.3, 0.4) is 0 Å². The van der Waals surface area contributed by atoms with E-state index in [2.05, 4.69) is 16.0 Å². The highest BCUT2D eigenvalue weighted by atomic mass is 16.5. The summed E-state index contributed by atoms with van der Waals surface area (Å²) in [5.41, 5.74) is 3.53. The molecule has 0 aliphatic rings. The van der Waals surface area contributed by atoms with Crippen molar-refractivity contribution in [1.29, 1.82) is 0 Å². The van der Waals surface area contributed by atoms with Gasteiger partial charge < -0.3 is 25.4 Å². The number of hydrogen-bond donors (Lipinski definition) is 3. The second kappa shape index (κ2) is 8.93. The molecule has 0 unspecified atom stereocenters. The number of carbonyl (C=O) groups excluding carboxylic acids is 2. The van der Waals surface area contributed by atoms with E-state index in [9.17, 15) is 9.59 Å². The van der Waals surface area contributed by atoms with Crippen molar-refractivity contribution in [2.24, 2.45) is 0 Å². The molecule has 2 aromatic carbocycles. The smallest absolute Gasteiger partial charge is 0.251 e. The van der Waals surface area contributed by atoms with Gasteiger partial charge in [0.15, 0.2) is 11.5 Å². The zero-order valence-corrected chi connectivity index (χ0v) is 16.2. The molecule has 0 radical (unpaired) electrons. The van der Waals surface area contributed by atoms with Crippen LogP contribution in [0.15, 0.2) is 30.3 Å². The van der Waals surface area contributed by atoms with E-state index in [4.69, 9.17) is 9.47 Å². The zero-order chi connectivity index (χ0) is 20.0. The van der Waals surface area contributed by atoms with Crippen molar-refractivity contribution in [3.8, 4) is 11.5 Å². The Hall–Kier alpha value is -3.22. The minimum absolute atomic E-state index is 0.258. The highest BCUT2D eigenvalue weighted by Crippen LogP contribution is 2.30. The van der Waals surface area contributed by atoms with E-state index in [1.165, 1.54) is 0 Å². The van der Waals surface area contributed by atoms with Crippen molar-refractivity contribution < 1.29 is 19.1 Å². The molecule has 0 atom stereocenters. The first-order chi connectivity index (χ1) is 12.9. The van der Waals surface area contributed by atoms with Crippen LogP contribution in [-0.4, -0.2) is 40.1 Å². The summed E-state index contributed by atoms with van der Waals surface area (Å²) in [6.45, 7) is 2.48. The minimum atomic E-state index is -0.258. The van der Waals surface area contributed by atoms with Crippen LogP contribution in [0.1, 0.15) is 31.8 Å². The lowest BCUT2D eigenvalue weighted by Gasteiger charge is -2.15. The Balaban J connectivity index is 2.32. The van der Waals surface area contributed by atoms with Gasteiger partial charge >= 0.3 is 0 Å². The summed E-state index contributed by atoms with van der Waals surface area (Å²) in [6.07, 6.45) is 0. The van der Waals surface area contributed by atoms with Crippen LogP contribution in [0.25, 0.3) is 0 Å². The molecule has 0 heterocycles. The van der Waals surface area contributed by atoms with Crippen molar-refractivity contribution in [1.82, 2.24) is 10.6 Å². The predicted octanol–water partition coefficient (Wildman–Crippen LogP) is 2.34. The lowest BCUT2D eigenvalue weighted by molar-refractivity contribution is 0.0962. The third-order valence-electron chi connectivity index (χ3n) is 4.24. The molecule has 0 aliphatic carbocycles. The number of aryl methyl sites for hydroxylation is 1. The molecular weight excluding hydrogens is 346 g/mol. The summed E-state index contributed by atoms with van der Waals surface area (Å²) in [6, 6.07) is 8.80. The maximum Gasteiger partial charge on any atom is 0.251 e. The van der Waals surface area contributed by atoms with E-state index in [1.54, 1.807) is 46.5 Å². The first-order valence-electron chi connectivity index (χ1n) is 8.48. The van der Waals surface area contributed by atoms with Gasteiger partial charge in [-0.2, -0.15) is 0 Å². The van der Waals surface area contributed by atoms with Crippen LogP contribution in [-0.2, 0) is 6.54 Å². The molecule has 2 rings (SSSR count). The maximum atomic E-state index is 12.0. The average Bonchev–Trinajstić information content (AvgIpc) is 2.70. The Morgan fingerprint density at radius 1 is 0.852 bits per heavy atom. The third kappa shape index (κ3) is 4.69. The predicted molar refractivity (Wildman–Crippen MR) is 105 cm³/mol. The standard InChI is InChI=1S/C20H25N3O4/c1-12-6-17(26-4)18(27-5)10-15(12)11-23-16-8-13(19(24)21-2)7-14(9-16)20(25)22-3/h6-10,23H,11H2,1-5H3,(H,21,24)(H,22,25). The normalized spacial score (nSPS) is 10.1. The van der Waals surface area contributed by atoms with Gasteiger partial charge in [0.25, 0.3) is 11.8 Å². The fraction of sp³-hybridized carbons (Fsp3) is 0.300. The van der Waals surface area contributed by atoms with Gasteiger partial charge in [-0.3, -0.25) is 9.59 Å². The van der Waals surface area contributed by atoms with E-state index in [-0.39, 0.29) is 11.8 Å². The quantitative estimate of drug-likeness (QED) is 0.695. The van der Waals surface area contributed by atoms with E-state index >= 15 is 0 Å². The largest absolute Gasteiger partial charge is 0.493 e. The zero-order valence-electron chi connectivity index (χ0n) is 16.2. The van der Waals surface area contributed by atoms with Crippen molar-refractivity contribution in [2.45, 2.75) is 13.5 Å². The van der Waals surface area contributed by atoms with Gasteiger partial charge in [-0.05, 0) is 48.4 Å². The van der Waals surface area contributed by atoms with Crippen molar-refractivity contribution in [3.05, 3.63) is 52.6 Å². The van der Waals surface area contributed by atoms with E-state index in [0.29, 0.717) is 34.9 Å². The molecule has 0 spiro atoms. The molecule has 144 valence electrons. The first-order valence-corrected chi connectivity index (χ1v) is 8.48. The molecule has 2 amide bonds. The molecule has 0 fully saturated rings. The van der Waals surface area contributed by atoms with E-state index < -0.39 is 0 Å². The van der Waals surface area contributed by atoms with Crippen LogP contribution in [0, 0.1) is 6.92 Å². The molecule has 0 aliphatic heterocycles. The number of ether oxygens (including phenoxy) is 2. The monoisotopic (exact) mass is 371 g/mol. The number of hydrogen-bond acceptors (Lipinski definition) is 5. The van der Waals surface area contributed by atoms with Gasteiger partial charge in [0.1, 0.15) is 0 Å². The second-order valence-corrected chi connectivity index (χ2v) is 5.94. The molecule has 3 N–H and O–H groups in total. The van der Waals surface area contributed by atoms with Gasteiger partial charge in [-0.15, -0.1) is 0 Å². The van der Waals surface area contributed by atoms with Crippen LogP contribution in [0.2, 0.25) is 0 Å². The van der Waals surface area contributed by atoms with Crippen LogP contribution >= 0.6 is 0 Å². The van der Waals surface area contributed by atoms with Crippen molar-refractivity contribution in [3.63, 3.8) is 0 Å². The third-order valence-corrected chi connectivity index (χ3v) is 4.24. The molecule has 2 aromatic rings. The Bertz CT molecular complexity index is 815. The number of amides is 2. The maximum absolute atomic E-state index is 12.0. The summed E-state index contributed by atoms with van der Waals surface area (Å²) in [5, 5.41) is 8.42. The molecule has 7 heteroatoms. The Kier molecular flexibility index (Phi) is 6.65. The summed E-state index contributed by atoms with van der Waals surface area (Å²) >= 11 is 0. The number of benzene rings is 2. The Morgan fingerprint density at radius 2 is 1.37 bits per heavy atom. The van der Waals surface area contributed by atoms with E-state index in [0.717, 1.165) is 11.1 Å². The molecule has 0 saturated carbocycles. The van der Waals surface area contributed by atoms with Gasteiger partial charge in [0.2, 0.25) is 0 Å². The molecule has 27 heavy (non-hydrogen) atoms. The number of methoxy groups -OCH3 is 2. The lowest BCUT2D eigenvalue weighted by atomic mass is 10.1. The second-order valence-electron chi connectivity index (χ2n) is 5.94. The summed E-state index contributed by atoms with van der Waals surface area (Å²) < 4.78 is 10.7. The number of carbonyl (C=O) groups is 2. The molecule has 0 bridgehead atoms. The summed E-state index contributed by atoms with van der Waals surface area (Å²) in [7, 11) is 6.29. The van der Waals surface area contributed by atoms with Gasteiger partial charge in [-0.25, -0.2) is 0 Å².